The Hall–Kier alpha value is -0.160. The maximum atomic E-state index is 5.63. The van der Waals surface area contributed by atoms with Crippen LogP contribution in [0.15, 0.2) is 0 Å². The van der Waals surface area contributed by atoms with E-state index >= 15 is 0 Å². The molecule has 1 heterocycles. The molecule has 1 N–H and O–H groups in total. The average molecular weight is 286 g/mol. The summed E-state index contributed by atoms with van der Waals surface area (Å²) in [6.45, 7) is 14.7. The molecule has 120 valence electrons. The van der Waals surface area contributed by atoms with Crippen LogP contribution in [0.2, 0.25) is 0 Å². The monoisotopic (exact) mass is 286 g/mol. The summed E-state index contributed by atoms with van der Waals surface area (Å²) >= 11 is 0. The predicted molar refractivity (Wildman–Crippen MR) is 84.1 cm³/mol. The third-order valence-electron chi connectivity index (χ3n) is 4.02. The molecule has 2 unspecified atom stereocenters. The molecule has 0 bridgehead atoms. The molecular weight excluding hydrogens is 252 g/mol. The Bertz CT molecular complexity index is 247. The molecule has 1 saturated heterocycles. The molecule has 0 aromatic heterocycles. The average Bonchev–Trinajstić information content (AvgIpc) is 2.37. The highest BCUT2D eigenvalue weighted by atomic mass is 16.5. The van der Waals surface area contributed by atoms with E-state index in [1.54, 1.807) is 7.11 Å². The Morgan fingerprint density at radius 3 is 2.50 bits per heavy atom. The van der Waals surface area contributed by atoms with Crippen LogP contribution < -0.4 is 5.32 Å². The van der Waals surface area contributed by atoms with Crippen molar-refractivity contribution in [3.63, 3.8) is 0 Å². The highest BCUT2D eigenvalue weighted by molar-refractivity contribution is 4.88. The number of nitrogens with one attached hydrogen (secondary N) is 1. The van der Waals surface area contributed by atoms with Crippen LogP contribution in [0.5, 0.6) is 0 Å². The molecule has 4 heteroatoms. The summed E-state index contributed by atoms with van der Waals surface area (Å²) in [7, 11) is 1.71. The smallest absolute Gasteiger partial charge is 0.0700 e. The van der Waals surface area contributed by atoms with Gasteiger partial charge in [-0.1, -0.05) is 27.7 Å². The number of nitrogens with zero attached hydrogens (tertiary/aromatic N) is 1. The van der Waals surface area contributed by atoms with Crippen LogP contribution in [0.1, 0.15) is 34.1 Å². The second kappa shape index (κ2) is 9.72. The fourth-order valence-electron chi connectivity index (χ4n) is 2.97. The van der Waals surface area contributed by atoms with Crippen molar-refractivity contribution in [2.75, 3.05) is 46.6 Å². The van der Waals surface area contributed by atoms with Crippen molar-refractivity contribution >= 4 is 0 Å². The van der Waals surface area contributed by atoms with Gasteiger partial charge in [0.25, 0.3) is 0 Å². The minimum atomic E-state index is 0.629. The molecule has 0 amide bonds. The Kier molecular flexibility index (Phi) is 8.69. The van der Waals surface area contributed by atoms with E-state index < -0.39 is 0 Å². The van der Waals surface area contributed by atoms with E-state index in [2.05, 4.69) is 37.9 Å². The molecule has 1 aliphatic heterocycles. The zero-order valence-corrected chi connectivity index (χ0v) is 14.0. The Morgan fingerprint density at radius 2 is 1.90 bits per heavy atom. The van der Waals surface area contributed by atoms with Gasteiger partial charge in [-0.05, 0) is 18.3 Å². The highest BCUT2D eigenvalue weighted by Gasteiger charge is 2.29. The topological polar surface area (TPSA) is 33.7 Å². The first-order valence-electron chi connectivity index (χ1n) is 8.08. The third kappa shape index (κ3) is 6.53. The fourth-order valence-corrected chi connectivity index (χ4v) is 2.97. The van der Waals surface area contributed by atoms with Gasteiger partial charge in [0, 0.05) is 38.8 Å². The molecule has 0 spiro atoms. The number of hydrogen-bond acceptors (Lipinski definition) is 4. The molecule has 1 fully saturated rings. The lowest BCUT2D eigenvalue weighted by molar-refractivity contribution is 0.0291. The first-order chi connectivity index (χ1) is 9.54. The first kappa shape index (κ1) is 17.9. The van der Waals surface area contributed by atoms with Gasteiger partial charge in [-0.2, -0.15) is 0 Å². The summed E-state index contributed by atoms with van der Waals surface area (Å²) in [4.78, 5) is 2.61. The van der Waals surface area contributed by atoms with Crippen molar-refractivity contribution in [1.82, 2.24) is 10.2 Å². The van der Waals surface area contributed by atoms with Crippen LogP contribution in [-0.2, 0) is 9.47 Å². The van der Waals surface area contributed by atoms with Gasteiger partial charge >= 0.3 is 0 Å². The van der Waals surface area contributed by atoms with E-state index in [0.29, 0.717) is 31.2 Å². The van der Waals surface area contributed by atoms with E-state index in [-0.39, 0.29) is 0 Å². The van der Waals surface area contributed by atoms with Crippen LogP contribution in [0.3, 0.4) is 0 Å². The molecule has 2 atom stereocenters. The number of ether oxygens (including phenoxy) is 2. The Balaban J connectivity index is 2.38. The number of rotatable bonds is 9. The molecule has 0 radical (unpaired) electrons. The molecule has 1 aliphatic rings. The molecule has 4 nitrogen and oxygen atoms in total. The standard InChI is InChI=1S/C16H34N2O2/c1-13(2)10-15-12-18(6-7-20-9-8-19-5)16(11-17-15)14(3)4/h13-17H,6-12H2,1-5H3. The molecule has 0 saturated carbocycles. The van der Waals surface area contributed by atoms with E-state index in [0.717, 1.165) is 32.2 Å². The number of hydrogen-bond donors (Lipinski definition) is 1. The van der Waals surface area contributed by atoms with E-state index in [1.807, 2.05) is 0 Å². The fraction of sp³-hybridized carbons (Fsp3) is 1.00. The highest BCUT2D eigenvalue weighted by Crippen LogP contribution is 2.18. The van der Waals surface area contributed by atoms with Gasteiger partial charge < -0.3 is 14.8 Å². The minimum absolute atomic E-state index is 0.629. The van der Waals surface area contributed by atoms with Crippen molar-refractivity contribution in [3.8, 4) is 0 Å². The lowest BCUT2D eigenvalue weighted by Gasteiger charge is -2.43. The molecule has 1 rings (SSSR count). The SMILES string of the molecule is COCCOCCN1CC(CC(C)C)NCC1C(C)C. The van der Waals surface area contributed by atoms with Crippen molar-refractivity contribution in [3.05, 3.63) is 0 Å². The van der Waals surface area contributed by atoms with Gasteiger partial charge in [0.15, 0.2) is 0 Å². The third-order valence-corrected chi connectivity index (χ3v) is 4.02. The van der Waals surface area contributed by atoms with Crippen LogP contribution >= 0.6 is 0 Å². The van der Waals surface area contributed by atoms with Crippen LogP contribution in [0.4, 0.5) is 0 Å². The molecule has 0 aromatic carbocycles. The molecule has 0 aliphatic carbocycles. The van der Waals surface area contributed by atoms with Gasteiger partial charge in [-0.25, -0.2) is 0 Å². The zero-order chi connectivity index (χ0) is 15.0. The second-order valence-corrected chi connectivity index (χ2v) is 6.65. The summed E-state index contributed by atoms with van der Waals surface area (Å²) in [5.74, 6) is 1.43. The van der Waals surface area contributed by atoms with E-state index in [1.165, 1.54) is 6.42 Å². The van der Waals surface area contributed by atoms with Gasteiger partial charge in [-0.15, -0.1) is 0 Å². The zero-order valence-electron chi connectivity index (χ0n) is 14.0. The van der Waals surface area contributed by atoms with Crippen molar-refractivity contribution < 1.29 is 9.47 Å². The number of piperazine rings is 1. The lowest BCUT2D eigenvalue weighted by atomic mass is 9.95. The number of methoxy groups -OCH3 is 1. The van der Waals surface area contributed by atoms with Crippen LogP contribution in [0, 0.1) is 11.8 Å². The predicted octanol–water partition coefficient (Wildman–Crippen LogP) is 1.99. The molecular formula is C16H34N2O2. The first-order valence-corrected chi connectivity index (χ1v) is 8.08. The summed E-state index contributed by atoms with van der Waals surface area (Å²) in [6, 6.07) is 1.26. The van der Waals surface area contributed by atoms with Gasteiger partial charge in [0.2, 0.25) is 0 Å². The second-order valence-electron chi connectivity index (χ2n) is 6.65. The minimum Gasteiger partial charge on any atom is -0.382 e. The van der Waals surface area contributed by atoms with Crippen molar-refractivity contribution in [2.45, 2.75) is 46.2 Å². The molecule has 20 heavy (non-hydrogen) atoms. The maximum absolute atomic E-state index is 5.63. The van der Waals surface area contributed by atoms with Gasteiger partial charge in [0.05, 0.1) is 19.8 Å². The van der Waals surface area contributed by atoms with Crippen molar-refractivity contribution in [1.29, 1.82) is 0 Å². The summed E-state index contributed by atoms with van der Waals surface area (Å²) in [5, 5.41) is 3.72. The van der Waals surface area contributed by atoms with Crippen molar-refractivity contribution in [2.24, 2.45) is 11.8 Å². The van der Waals surface area contributed by atoms with Crippen LogP contribution in [0.25, 0.3) is 0 Å². The summed E-state index contributed by atoms with van der Waals surface area (Å²) in [5.41, 5.74) is 0. The van der Waals surface area contributed by atoms with Gasteiger partial charge in [0.1, 0.15) is 0 Å². The summed E-state index contributed by atoms with van der Waals surface area (Å²) in [6.07, 6.45) is 1.26. The Labute approximate surface area is 125 Å². The van der Waals surface area contributed by atoms with E-state index in [4.69, 9.17) is 9.47 Å². The Morgan fingerprint density at radius 1 is 1.15 bits per heavy atom. The largest absolute Gasteiger partial charge is 0.382 e. The maximum Gasteiger partial charge on any atom is 0.0700 e. The normalized spacial score (nSPS) is 24.8. The lowest BCUT2D eigenvalue weighted by Crippen LogP contribution is -2.59. The summed E-state index contributed by atoms with van der Waals surface area (Å²) < 4.78 is 10.6. The molecule has 0 aromatic rings. The van der Waals surface area contributed by atoms with E-state index in [9.17, 15) is 0 Å². The van der Waals surface area contributed by atoms with Gasteiger partial charge in [-0.3, -0.25) is 4.90 Å². The van der Waals surface area contributed by atoms with Crippen LogP contribution in [-0.4, -0.2) is 63.5 Å². The quantitative estimate of drug-likeness (QED) is 0.657.